The van der Waals surface area contributed by atoms with E-state index in [1.807, 2.05) is 0 Å². The van der Waals surface area contributed by atoms with Crippen LogP contribution in [0.25, 0.3) is 0 Å². The van der Waals surface area contributed by atoms with Crippen LogP contribution in [-0.2, 0) is 22.7 Å². The average molecular weight is 282 g/mol. The quantitative estimate of drug-likeness (QED) is 0.794. The fraction of sp³-hybridized carbons (Fsp3) is 0.400. The van der Waals surface area contributed by atoms with Crippen LogP contribution in [0.2, 0.25) is 0 Å². The minimum atomic E-state index is -4.38. The summed E-state index contributed by atoms with van der Waals surface area (Å²) in [6.07, 6.45) is -4.38. The van der Waals surface area contributed by atoms with E-state index < -0.39 is 21.8 Å². The third-order valence-electron chi connectivity index (χ3n) is 2.15. The van der Waals surface area contributed by atoms with Gasteiger partial charge in [-0.2, -0.15) is 13.2 Å². The van der Waals surface area contributed by atoms with Gasteiger partial charge in [0.1, 0.15) is 0 Å². The SMILES string of the molecule is NS(=O)(=O)CCNCc1cccc(C(F)(F)F)c1. The normalized spacial score (nSPS) is 12.7. The molecule has 0 unspecified atom stereocenters. The molecule has 0 aliphatic rings. The van der Waals surface area contributed by atoms with Crippen molar-refractivity contribution in [3.63, 3.8) is 0 Å². The highest BCUT2D eigenvalue weighted by Gasteiger charge is 2.30. The van der Waals surface area contributed by atoms with Gasteiger partial charge in [0.2, 0.25) is 10.0 Å². The van der Waals surface area contributed by atoms with Gasteiger partial charge in [0.25, 0.3) is 0 Å². The van der Waals surface area contributed by atoms with E-state index in [1.165, 1.54) is 12.1 Å². The molecule has 1 aromatic rings. The molecule has 0 fully saturated rings. The Bertz CT molecular complexity index is 500. The van der Waals surface area contributed by atoms with Crippen molar-refractivity contribution in [1.82, 2.24) is 5.32 Å². The second-order valence-corrected chi connectivity index (χ2v) is 5.48. The van der Waals surface area contributed by atoms with Crippen LogP contribution in [-0.4, -0.2) is 20.7 Å². The van der Waals surface area contributed by atoms with Crippen molar-refractivity contribution in [2.45, 2.75) is 12.7 Å². The summed E-state index contributed by atoms with van der Waals surface area (Å²) in [4.78, 5) is 0. The molecular weight excluding hydrogens is 269 g/mol. The average Bonchev–Trinajstić information content (AvgIpc) is 2.22. The molecule has 18 heavy (non-hydrogen) atoms. The van der Waals surface area contributed by atoms with Gasteiger partial charge >= 0.3 is 6.18 Å². The zero-order valence-electron chi connectivity index (χ0n) is 9.37. The Morgan fingerprint density at radius 2 is 1.94 bits per heavy atom. The fourth-order valence-corrected chi connectivity index (χ4v) is 1.73. The van der Waals surface area contributed by atoms with E-state index in [0.29, 0.717) is 5.56 Å². The van der Waals surface area contributed by atoms with Crippen LogP contribution in [0.5, 0.6) is 0 Å². The second-order valence-electron chi connectivity index (χ2n) is 3.74. The lowest BCUT2D eigenvalue weighted by Gasteiger charge is -2.09. The maximum absolute atomic E-state index is 12.4. The van der Waals surface area contributed by atoms with Crippen molar-refractivity contribution in [2.75, 3.05) is 12.3 Å². The number of nitrogens with one attached hydrogen (secondary N) is 1. The van der Waals surface area contributed by atoms with Crippen molar-refractivity contribution in [2.24, 2.45) is 5.14 Å². The zero-order chi connectivity index (χ0) is 13.8. The monoisotopic (exact) mass is 282 g/mol. The van der Waals surface area contributed by atoms with Crippen LogP contribution < -0.4 is 10.5 Å². The zero-order valence-corrected chi connectivity index (χ0v) is 10.2. The first-order chi connectivity index (χ1) is 8.18. The van der Waals surface area contributed by atoms with Gasteiger partial charge in [-0.05, 0) is 11.6 Å². The maximum atomic E-state index is 12.4. The Hall–Kier alpha value is -1.12. The Balaban J connectivity index is 2.53. The topological polar surface area (TPSA) is 72.2 Å². The summed E-state index contributed by atoms with van der Waals surface area (Å²) in [5, 5.41) is 7.49. The number of hydrogen-bond donors (Lipinski definition) is 2. The number of primary sulfonamides is 1. The molecule has 3 N–H and O–H groups in total. The first-order valence-electron chi connectivity index (χ1n) is 5.06. The number of halogens is 3. The highest BCUT2D eigenvalue weighted by molar-refractivity contribution is 7.89. The second kappa shape index (κ2) is 5.68. The number of rotatable bonds is 5. The Kier molecular flexibility index (Phi) is 4.71. The first kappa shape index (κ1) is 14.9. The molecule has 0 aliphatic carbocycles. The molecule has 1 aromatic carbocycles. The van der Waals surface area contributed by atoms with Crippen LogP contribution in [0, 0.1) is 0 Å². The summed E-state index contributed by atoms with van der Waals surface area (Å²) in [6.45, 7) is 0.245. The lowest BCUT2D eigenvalue weighted by Crippen LogP contribution is -2.26. The summed E-state index contributed by atoms with van der Waals surface area (Å²) >= 11 is 0. The van der Waals surface area contributed by atoms with Crippen LogP contribution in [0.15, 0.2) is 24.3 Å². The van der Waals surface area contributed by atoms with Gasteiger partial charge in [-0.3, -0.25) is 0 Å². The smallest absolute Gasteiger partial charge is 0.312 e. The Morgan fingerprint density at radius 3 is 2.50 bits per heavy atom. The fourth-order valence-electron chi connectivity index (χ4n) is 1.30. The largest absolute Gasteiger partial charge is 0.416 e. The van der Waals surface area contributed by atoms with Crippen LogP contribution in [0.4, 0.5) is 13.2 Å². The van der Waals surface area contributed by atoms with Gasteiger partial charge in [-0.1, -0.05) is 18.2 Å². The van der Waals surface area contributed by atoms with Gasteiger partial charge in [0.15, 0.2) is 0 Å². The molecule has 0 amide bonds. The third kappa shape index (κ3) is 5.48. The van der Waals surface area contributed by atoms with E-state index in [9.17, 15) is 21.6 Å². The van der Waals surface area contributed by atoms with Crippen LogP contribution in [0.1, 0.15) is 11.1 Å². The summed E-state index contributed by atoms with van der Waals surface area (Å²) in [5.74, 6) is -0.258. The molecule has 0 saturated heterocycles. The molecule has 0 heterocycles. The van der Waals surface area contributed by atoms with E-state index >= 15 is 0 Å². The number of nitrogens with two attached hydrogens (primary N) is 1. The molecule has 0 radical (unpaired) electrons. The molecule has 0 aromatic heterocycles. The van der Waals surface area contributed by atoms with E-state index in [4.69, 9.17) is 5.14 Å². The first-order valence-corrected chi connectivity index (χ1v) is 6.77. The van der Waals surface area contributed by atoms with E-state index in [1.54, 1.807) is 0 Å². The summed E-state index contributed by atoms with van der Waals surface area (Å²) in [6, 6.07) is 4.83. The van der Waals surface area contributed by atoms with Crippen LogP contribution >= 0.6 is 0 Å². The molecule has 8 heteroatoms. The van der Waals surface area contributed by atoms with Gasteiger partial charge in [0, 0.05) is 13.1 Å². The van der Waals surface area contributed by atoms with Gasteiger partial charge in [0.05, 0.1) is 11.3 Å². The number of sulfonamides is 1. The summed E-state index contributed by atoms with van der Waals surface area (Å²) in [7, 11) is -3.55. The number of benzene rings is 1. The molecule has 0 aliphatic heterocycles. The molecule has 4 nitrogen and oxygen atoms in total. The predicted octanol–water partition coefficient (Wildman–Crippen LogP) is 1.08. The molecule has 102 valence electrons. The predicted molar refractivity (Wildman–Crippen MR) is 61.1 cm³/mol. The highest BCUT2D eigenvalue weighted by Crippen LogP contribution is 2.29. The standard InChI is InChI=1S/C10H13F3N2O2S/c11-10(12,13)9-3-1-2-8(6-9)7-15-4-5-18(14,16)17/h1-3,6,15H,4-5,7H2,(H2,14,16,17). The van der Waals surface area contributed by atoms with Gasteiger partial charge < -0.3 is 5.32 Å². The Morgan fingerprint density at radius 1 is 1.28 bits per heavy atom. The number of alkyl halides is 3. The van der Waals surface area contributed by atoms with E-state index in [-0.39, 0.29) is 18.8 Å². The molecule has 1 rings (SSSR count). The third-order valence-corrected chi connectivity index (χ3v) is 2.92. The van der Waals surface area contributed by atoms with E-state index in [2.05, 4.69) is 5.32 Å². The molecular formula is C10H13F3N2O2S. The summed E-state index contributed by atoms with van der Waals surface area (Å²) < 4.78 is 58.4. The minimum absolute atomic E-state index is 0.0923. The Labute approximate surface area is 103 Å². The molecule has 0 atom stereocenters. The van der Waals surface area contributed by atoms with Crippen molar-refractivity contribution in [1.29, 1.82) is 0 Å². The highest BCUT2D eigenvalue weighted by atomic mass is 32.2. The van der Waals surface area contributed by atoms with Crippen LogP contribution in [0.3, 0.4) is 0 Å². The van der Waals surface area contributed by atoms with Gasteiger partial charge in [-0.25, -0.2) is 13.6 Å². The molecule has 0 bridgehead atoms. The number of hydrogen-bond acceptors (Lipinski definition) is 3. The summed E-state index contributed by atoms with van der Waals surface area (Å²) in [5.41, 5.74) is -0.299. The lowest BCUT2D eigenvalue weighted by molar-refractivity contribution is -0.137. The maximum Gasteiger partial charge on any atom is 0.416 e. The molecule has 0 spiro atoms. The lowest BCUT2D eigenvalue weighted by atomic mass is 10.1. The van der Waals surface area contributed by atoms with Crippen molar-refractivity contribution >= 4 is 10.0 Å². The van der Waals surface area contributed by atoms with Crippen molar-refractivity contribution in [3.05, 3.63) is 35.4 Å². The van der Waals surface area contributed by atoms with E-state index in [0.717, 1.165) is 12.1 Å². The van der Waals surface area contributed by atoms with Gasteiger partial charge in [-0.15, -0.1) is 0 Å². The van der Waals surface area contributed by atoms with Crippen molar-refractivity contribution in [3.8, 4) is 0 Å². The van der Waals surface area contributed by atoms with Crippen molar-refractivity contribution < 1.29 is 21.6 Å². The minimum Gasteiger partial charge on any atom is -0.312 e. The molecule has 0 saturated carbocycles.